The topological polar surface area (TPSA) is 27.7 Å². The van der Waals surface area contributed by atoms with Gasteiger partial charge in [-0.3, -0.25) is 0 Å². The first-order valence-electron chi connectivity index (χ1n) is 39.3. The molecule has 0 atom stereocenters. The van der Waals surface area contributed by atoms with E-state index in [1.807, 2.05) is 0 Å². The molecule has 0 unspecified atom stereocenters. The van der Waals surface area contributed by atoms with Crippen LogP contribution in [0.1, 0.15) is 456 Å². The van der Waals surface area contributed by atoms with Crippen LogP contribution in [0.2, 0.25) is 4.09 Å². The van der Waals surface area contributed by atoms with E-state index in [2.05, 4.69) is 322 Å². The predicted octanol–water partition coefficient (Wildman–Crippen LogP) is 24.1. The summed E-state index contributed by atoms with van der Waals surface area (Å²) >= 11 is -16.5. The van der Waals surface area contributed by atoms with Gasteiger partial charge in [-0.1, -0.05) is 0 Å². The van der Waals surface area contributed by atoms with Gasteiger partial charge in [0.1, 0.15) is 0 Å². The second-order valence-electron chi connectivity index (χ2n) is 35.9. The number of rotatable bonds is 28. The third-order valence-electron chi connectivity index (χ3n) is 21.9. The van der Waals surface area contributed by atoms with Crippen molar-refractivity contribution in [3.05, 3.63) is 173 Å². The average molecular weight is 1570 g/mol. The zero-order valence-corrected chi connectivity index (χ0v) is 77.6. The second-order valence-corrected chi connectivity index (χ2v) is 64.0. The summed E-state index contributed by atoms with van der Waals surface area (Å²) in [5.74, 6) is 5.02. The Morgan fingerprint density at radius 1 is 0.276 bits per heavy atom. The first-order valence-corrected chi connectivity index (χ1v) is 53.7. The normalized spacial score (nSPS) is 14.5. The monoisotopic (exact) mass is 1580 g/mol. The zero-order valence-electron chi connectivity index (χ0n) is 69.3. The summed E-state index contributed by atoms with van der Waals surface area (Å²) in [6, 6.07) is 32.0. The Labute approximate surface area is 619 Å². The molecule has 7 heteroatoms. The fourth-order valence-corrected chi connectivity index (χ4v) is 88.4. The van der Waals surface area contributed by atoms with Crippen molar-refractivity contribution in [3.63, 3.8) is 0 Å². The molecule has 0 spiro atoms. The molecule has 1 fully saturated rings. The van der Waals surface area contributed by atoms with Gasteiger partial charge in [-0.05, 0) is 0 Å². The third-order valence-corrected chi connectivity index (χ3v) is 70.0. The van der Waals surface area contributed by atoms with Gasteiger partial charge in [-0.25, -0.2) is 0 Å². The van der Waals surface area contributed by atoms with Crippen LogP contribution in [0.4, 0.5) is 0 Å². The van der Waals surface area contributed by atoms with Gasteiger partial charge in [0, 0.05) is 0 Å². The van der Waals surface area contributed by atoms with Gasteiger partial charge in [0.15, 0.2) is 0 Å². The van der Waals surface area contributed by atoms with Crippen molar-refractivity contribution < 1.29 is 8.37 Å². The van der Waals surface area contributed by atoms with Gasteiger partial charge in [0.05, 0.1) is 0 Å². The molecule has 0 N–H and O–H groups in total. The van der Waals surface area contributed by atoms with Crippen molar-refractivity contribution in [2.45, 2.75) is 360 Å². The van der Waals surface area contributed by atoms with E-state index in [1.165, 1.54) is 109 Å². The van der Waals surface area contributed by atoms with Crippen LogP contribution in [-0.4, -0.2) is 57.2 Å². The number of hydrogen-bond donors (Lipinski definition) is 0. The van der Waals surface area contributed by atoms with Crippen LogP contribution in [-0.2, 0) is 8.37 Å². The van der Waals surface area contributed by atoms with Crippen LogP contribution in [0.15, 0.2) is 72.8 Å². The molecule has 3 nitrogen and oxygen atoms in total. The summed E-state index contributed by atoms with van der Waals surface area (Å²) in [6.45, 7) is 88.8. The Kier molecular flexibility index (Phi) is 28.0. The molecule has 0 aliphatic carbocycles. The summed E-state index contributed by atoms with van der Waals surface area (Å²) in [4.78, 5) is 0. The molecule has 6 aromatic carbocycles. The Balaban J connectivity index is 2.00. The van der Waals surface area contributed by atoms with E-state index in [0.29, 0.717) is 47.3 Å². The van der Waals surface area contributed by atoms with Crippen LogP contribution in [0.5, 0.6) is 0 Å². The summed E-state index contributed by atoms with van der Waals surface area (Å²) in [5.41, 5.74) is 26.3. The first kappa shape index (κ1) is 82.7. The molecule has 538 valence electrons. The molecule has 7 rings (SSSR count). The van der Waals surface area contributed by atoms with Crippen LogP contribution >= 0.6 is 0 Å². The summed E-state index contributed by atoms with van der Waals surface area (Å²) in [7, 11) is 0. The fourth-order valence-electron chi connectivity index (χ4n) is 15.7. The number of hydrogen-bond acceptors (Lipinski definition) is 3. The van der Waals surface area contributed by atoms with Crippen molar-refractivity contribution in [2.75, 3.05) is 0 Å². The third kappa shape index (κ3) is 17.0. The molecule has 1 saturated heterocycles. The fraction of sp³-hybridized carbons (Fsp3) is 0.604. The first-order chi connectivity index (χ1) is 45.4. The Morgan fingerprint density at radius 3 is 0.673 bits per heavy atom. The van der Waals surface area contributed by atoms with Crippen molar-refractivity contribution in [1.82, 2.24) is 0 Å². The second kappa shape index (κ2) is 33.2. The zero-order chi connectivity index (χ0) is 73.7. The maximum atomic E-state index is 10.4. The van der Waals surface area contributed by atoms with E-state index in [4.69, 9.17) is 5.58 Å². The van der Waals surface area contributed by atoms with Crippen molar-refractivity contribution in [1.29, 1.82) is 0 Å². The average Bonchev–Trinajstić information content (AvgIpc) is 0.691. The molecule has 0 saturated carbocycles. The summed E-state index contributed by atoms with van der Waals surface area (Å²) < 4.78 is 38.6. The van der Waals surface area contributed by atoms with E-state index >= 15 is 0 Å². The minimum absolute atomic E-state index is 0.198. The molecule has 0 bridgehead atoms. The van der Waals surface area contributed by atoms with Crippen LogP contribution in [0, 0.1) is 0 Å². The van der Waals surface area contributed by atoms with Crippen molar-refractivity contribution in [3.8, 4) is 0 Å². The predicted molar refractivity (Wildman–Crippen MR) is 441 cm³/mol. The molecule has 98 heavy (non-hydrogen) atoms. The molecule has 2 radical (unpaired) electrons. The van der Waals surface area contributed by atoms with E-state index in [0.717, 1.165) is 4.09 Å². The number of benzene rings is 6. The van der Waals surface area contributed by atoms with Gasteiger partial charge in [-0.2, -0.15) is 0 Å². The molecular weight excluding hydrogens is 1430 g/mol. The van der Waals surface area contributed by atoms with Gasteiger partial charge in [-0.15, -0.1) is 0 Å². The molecule has 1 aliphatic rings. The summed E-state index contributed by atoms with van der Waals surface area (Å²) in [5, 5.41) is 0. The molecule has 1 heterocycles. The van der Waals surface area contributed by atoms with E-state index in [-0.39, 0.29) is 59.2 Å². The summed E-state index contributed by atoms with van der Waals surface area (Å²) in [6.07, 6.45) is 0. The Bertz CT molecular complexity index is 3400. The van der Waals surface area contributed by atoms with Crippen LogP contribution < -0.4 is 26.4 Å². The van der Waals surface area contributed by atoms with E-state index in [1.54, 1.807) is 17.6 Å². The van der Waals surface area contributed by atoms with Gasteiger partial charge >= 0.3 is 625 Å². The SMILES string of the molecule is CC(C)c1cc(C(C)C)[c]([Ge]2[O][Ge]([CH2][Ge]([O][Ge]([c]3c(C(C)C)cc(C(C)C)cc3C(C)C)[c]3c(C(C)C)cc(C(C)C)cc3C(C)C)([c]3c(C(C)C)cc(C(C)C)cc3C(C)C)[c]3c(C(C)C)cc(C(C)C)cc3C(C)C)([c]3c(C(C)C)cc(C(C)C)cc3C(C)C)[O]2)c(C(C)C)c1. The molecule has 0 aromatic heterocycles. The Morgan fingerprint density at radius 2 is 0.469 bits per heavy atom. The molecular formula is C91H140Ge4O3. The van der Waals surface area contributed by atoms with Gasteiger partial charge < -0.3 is 0 Å². The van der Waals surface area contributed by atoms with E-state index < -0.39 is 57.2 Å². The Hall–Kier alpha value is -2.63. The molecule has 6 aromatic rings. The van der Waals surface area contributed by atoms with Crippen LogP contribution in [0.3, 0.4) is 0 Å². The van der Waals surface area contributed by atoms with Crippen molar-refractivity contribution >= 4 is 83.6 Å². The van der Waals surface area contributed by atoms with Crippen LogP contribution in [0.25, 0.3) is 0 Å². The standard InChI is InChI=1S/C91H140Ge4O3/c1-50(2)68-37-74(56(13)14)86(75(38-68)57(15)16)92(87-76(58(17)18)39-69(51(3)4)40-77(87)59(19)20)96-94(89-80(62(25)26)43-71(53(7)8)44-81(89)63(27)28,90-82(64(29)30)45-72(54(9)10)46-83(90)65(31)32)49-95(91-84(66(33)34)47-73(55(11)12)48-85(91)67(35)36)97-93(98-95)88-78(60(21)22)41-70(52(5)6)42-79(88)61(23)24/h37-48,50-67H,49H2,1-36H3. The van der Waals surface area contributed by atoms with Gasteiger partial charge in [0.2, 0.25) is 0 Å². The molecule has 1 aliphatic heterocycles. The minimum atomic E-state index is -5.08. The van der Waals surface area contributed by atoms with Gasteiger partial charge in [0.25, 0.3) is 0 Å². The van der Waals surface area contributed by atoms with Crippen molar-refractivity contribution in [2.24, 2.45) is 0 Å². The molecule has 0 amide bonds. The maximum absolute atomic E-state index is 10.4. The quantitative estimate of drug-likeness (QED) is 0.0458. The van der Waals surface area contributed by atoms with E-state index in [9.17, 15) is 2.79 Å².